The molecule has 0 spiro atoms. The molecule has 0 aliphatic heterocycles. The second-order valence-corrected chi connectivity index (χ2v) is 8.79. The van der Waals surface area contributed by atoms with Crippen molar-refractivity contribution < 1.29 is 9.36 Å². The van der Waals surface area contributed by atoms with E-state index in [1.807, 2.05) is 30.3 Å². The fourth-order valence-electron chi connectivity index (χ4n) is 3.72. The van der Waals surface area contributed by atoms with E-state index in [4.69, 9.17) is 0 Å². The number of carbonyl (C=O) groups is 1. The zero-order valence-electron chi connectivity index (χ0n) is 20.8. The molecule has 1 aromatic heterocycles. The highest BCUT2D eigenvalue weighted by atomic mass is 16.1. The zero-order valence-corrected chi connectivity index (χ0v) is 20.8. The van der Waals surface area contributed by atoms with Crippen molar-refractivity contribution in [2.75, 3.05) is 5.32 Å². The largest absolute Gasteiger partial charge is 0.326 e. The highest BCUT2D eigenvalue weighted by molar-refractivity contribution is 5.88. The average Bonchev–Trinajstić information content (AvgIpc) is 3.26. The summed E-state index contributed by atoms with van der Waals surface area (Å²) in [6, 6.07) is 18.4. The van der Waals surface area contributed by atoms with Crippen molar-refractivity contribution in [3.63, 3.8) is 0 Å². The summed E-state index contributed by atoms with van der Waals surface area (Å²) in [5.74, 6) is -0.0253. The Hall–Kier alpha value is -2.88. The second kappa shape index (κ2) is 15.8. The van der Waals surface area contributed by atoms with Crippen LogP contribution in [-0.2, 0) is 24.3 Å². The quantitative estimate of drug-likeness (QED) is 0.242. The molecule has 0 saturated heterocycles. The minimum atomic E-state index is -0.0253. The molecule has 0 unspecified atom stereocenters. The van der Waals surface area contributed by atoms with E-state index >= 15 is 0 Å². The van der Waals surface area contributed by atoms with Gasteiger partial charge in [0.25, 0.3) is 0 Å². The minimum absolute atomic E-state index is 0.0253. The molecule has 178 valence electrons. The molecule has 3 aromatic rings. The summed E-state index contributed by atoms with van der Waals surface area (Å²) in [6.45, 7) is 8.09. The molecule has 1 amide bonds. The first-order valence-corrected chi connectivity index (χ1v) is 12.5. The molecule has 0 aliphatic carbocycles. The Balaban J connectivity index is 0.000000468. The van der Waals surface area contributed by atoms with E-state index in [0.29, 0.717) is 0 Å². The van der Waals surface area contributed by atoms with E-state index in [1.165, 1.54) is 63.0 Å². The Morgan fingerprint density at radius 2 is 1.64 bits per heavy atom. The standard InChI is InChI=1S/C22H33N3O.C7H8/c1-3-4-5-6-8-15-24-17-18-25(19-24)16-9-7-10-21-11-13-22(14-12-21)23-20(2)26;1-7-5-3-2-4-6-7/h11-14,17-19H,3-10,15-16H2,1-2H3;2-6H,1H3/p+1. The summed E-state index contributed by atoms with van der Waals surface area (Å²) in [6.07, 6.45) is 16.7. The highest BCUT2D eigenvalue weighted by Gasteiger charge is 2.04. The number of nitrogens with zero attached hydrogens (tertiary/aromatic N) is 2. The third-order valence-corrected chi connectivity index (χ3v) is 5.61. The van der Waals surface area contributed by atoms with Gasteiger partial charge in [0, 0.05) is 12.6 Å². The molecular formula is C29H42N3O+. The molecule has 33 heavy (non-hydrogen) atoms. The monoisotopic (exact) mass is 448 g/mol. The molecule has 0 fully saturated rings. The number of aryl methyl sites for hydroxylation is 4. The van der Waals surface area contributed by atoms with Gasteiger partial charge in [-0.25, -0.2) is 9.13 Å². The molecule has 3 rings (SSSR count). The fraction of sp³-hybridized carbons (Fsp3) is 0.448. The molecule has 1 heterocycles. The molecule has 4 heteroatoms. The number of hydrogen-bond acceptors (Lipinski definition) is 1. The lowest BCUT2D eigenvalue weighted by Gasteiger charge is -2.04. The van der Waals surface area contributed by atoms with Crippen LogP contribution in [-0.4, -0.2) is 10.5 Å². The van der Waals surface area contributed by atoms with Gasteiger partial charge in [-0.1, -0.05) is 74.2 Å². The maximum absolute atomic E-state index is 11.0. The maximum Gasteiger partial charge on any atom is 0.243 e. The van der Waals surface area contributed by atoms with Gasteiger partial charge in [-0.3, -0.25) is 4.79 Å². The van der Waals surface area contributed by atoms with Crippen LogP contribution in [0, 0.1) is 6.92 Å². The van der Waals surface area contributed by atoms with E-state index < -0.39 is 0 Å². The topological polar surface area (TPSA) is 37.9 Å². The van der Waals surface area contributed by atoms with Gasteiger partial charge in [0.2, 0.25) is 12.2 Å². The molecule has 0 saturated carbocycles. The molecule has 1 N–H and O–H groups in total. The van der Waals surface area contributed by atoms with Crippen LogP contribution in [0.3, 0.4) is 0 Å². The van der Waals surface area contributed by atoms with Gasteiger partial charge < -0.3 is 5.32 Å². The third kappa shape index (κ3) is 12.1. The maximum atomic E-state index is 11.0. The predicted molar refractivity (Wildman–Crippen MR) is 138 cm³/mol. The molecule has 0 atom stereocenters. The van der Waals surface area contributed by atoms with Crippen molar-refractivity contribution in [1.82, 2.24) is 4.57 Å². The molecule has 0 radical (unpaired) electrons. The average molecular weight is 449 g/mol. The van der Waals surface area contributed by atoms with Crippen LogP contribution in [0.25, 0.3) is 0 Å². The van der Waals surface area contributed by atoms with E-state index in [2.05, 4.69) is 71.3 Å². The summed E-state index contributed by atoms with van der Waals surface area (Å²) < 4.78 is 4.61. The Labute approximate surface area is 200 Å². The Morgan fingerprint density at radius 3 is 2.27 bits per heavy atom. The number of benzene rings is 2. The number of aromatic nitrogens is 2. The second-order valence-electron chi connectivity index (χ2n) is 8.79. The first-order chi connectivity index (χ1) is 16.1. The fourth-order valence-corrected chi connectivity index (χ4v) is 3.72. The lowest BCUT2D eigenvalue weighted by atomic mass is 10.1. The van der Waals surface area contributed by atoms with E-state index in [0.717, 1.165) is 25.2 Å². The summed E-state index contributed by atoms with van der Waals surface area (Å²) in [5.41, 5.74) is 3.52. The van der Waals surface area contributed by atoms with Crippen LogP contribution in [0.15, 0.2) is 73.3 Å². The predicted octanol–water partition coefficient (Wildman–Crippen LogP) is 6.72. The molecule has 0 aliphatic rings. The first kappa shape index (κ1) is 26.4. The van der Waals surface area contributed by atoms with Gasteiger partial charge in [0.1, 0.15) is 12.4 Å². The Bertz CT molecular complexity index is 900. The van der Waals surface area contributed by atoms with Gasteiger partial charge in [0.15, 0.2) is 0 Å². The van der Waals surface area contributed by atoms with Crippen LogP contribution in [0.1, 0.15) is 69.9 Å². The van der Waals surface area contributed by atoms with Crippen LogP contribution >= 0.6 is 0 Å². The number of carbonyl (C=O) groups excluding carboxylic acids is 1. The van der Waals surface area contributed by atoms with E-state index in [1.54, 1.807) is 0 Å². The number of rotatable bonds is 12. The smallest absolute Gasteiger partial charge is 0.243 e. The first-order valence-electron chi connectivity index (χ1n) is 12.5. The van der Waals surface area contributed by atoms with Crippen molar-refractivity contribution in [1.29, 1.82) is 0 Å². The number of anilines is 1. The van der Waals surface area contributed by atoms with Crippen LogP contribution in [0.4, 0.5) is 5.69 Å². The normalized spacial score (nSPS) is 10.4. The lowest BCUT2D eigenvalue weighted by Crippen LogP contribution is -2.30. The summed E-state index contributed by atoms with van der Waals surface area (Å²) in [7, 11) is 0. The number of amides is 1. The van der Waals surface area contributed by atoms with E-state index in [-0.39, 0.29) is 5.91 Å². The van der Waals surface area contributed by atoms with Gasteiger partial charge in [0.05, 0.1) is 13.1 Å². The molecular weight excluding hydrogens is 406 g/mol. The van der Waals surface area contributed by atoms with Crippen LogP contribution < -0.4 is 9.88 Å². The number of imidazole rings is 1. The number of hydrogen-bond donors (Lipinski definition) is 1. The zero-order chi connectivity index (χ0) is 23.7. The molecule has 2 aromatic carbocycles. The lowest BCUT2D eigenvalue weighted by molar-refractivity contribution is -0.696. The van der Waals surface area contributed by atoms with Crippen LogP contribution in [0.5, 0.6) is 0 Å². The minimum Gasteiger partial charge on any atom is -0.326 e. The van der Waals surface area contributed by atoms with Gasteiger partial charge in [-0.05, 0) is 56.7 Å². The summed E-state index contributed by atoms with van der Waals surface area (Å²) >= 11 is 0. The number of unbranched alkanes of at least 4 members (excludes halogenated alkanes) is 5. The Morgan fingerprint density at radius 1 is 0.909 bits per heavy atom. The van der Waals surface area contributed by atoms with Crippen LogP contribution in [0.2, 0.25) is 0 Å². The van der Waals surface area contributed by atoms with Crippen molar-refractivity contribution >= 4 is 11.6 Å². The van der Waals surface area contributed by atoms with Crippen molar-refractivity contribution in [3.05, 3.63) is 84.4 Å². The third-order valence-electron chi connectivity index (χ3n) is 5.61. The van der Waals surface area contributed by atoms with E-state index in [9.17, 15) is 4.79 Å². The molecule has 4 nitrogen and oxygen atoms in total. The Kier molecular flexibility index (Phi) is 12.7. The summed E-state index contributed by atoms with van der Waals surface area (Å²) in [5, 5.41) is 2.80. The molecule has 0 bridgehead atoms. The number of nitrogens with one attached hydrogen (secondary N) is 1. The van der Waals surface area contributed by atoms with Gasteiger partial charge in [-0.15, -0.1) is 0 Å². The highest BCUT2D eigenvalue weighted by Crippen LogP contribution is 2.12. The van der Waals surface area contributed by atoms with Crippen molar-refractivity contribution in [2.24, 2.45) is 0 Å². The van der Waals surface area contributed by atoms with Crippen molar-refractivity contribution in [2.45, 2.75) is 85.2 Å². The SMILES string of the molecule is CCCCCCC[n+]1ccn(CCCCc2ccc(NC(C)=O)cc2)c1.Cc1ccccc1. The van der Waals surface area contributed by atoms with Gasteiger partial charge in [-0.2, -0.15) is 0 Å². The van der Waals surface area contributed by atoms with Crippen molar-refractivity contribution in [3.8, 4) is 0 Å². The van der Waals surface area contributed by atoms with Gasteiger partial charge >= 0.3 is 0 Å². The summed E-state index contributed by atoms with van der Waals surface area (Å²) in [4.78, 5) is 11.0.